The van der Waals surface area contributed by atoms with Crippen LogP contribution in [0.3, 0.4) is 0 Å². The predicted molar refractivity (Wildman–Crippen MR) is 80.2 cm³/mol. The monoisotopic (exact) mass is 273 g/mol. The Morgan fingerprint density at radius 1 is 1.25 bits per heavy atom. The first-order valence-corrected chi connectivity index (χ1v) is 8.61. The lowest BCUT2D eigenvalue weighted by Gasteiger charge is -2.32. The molecule has 0 spiro atoms. The van der Waals surface area contributed by atoms with Gasteiger partial charge < -0.3 is 5.32 Å². The summed E-state index contributed by atoms with van der Waals surface area (Å²) in [5.74, 6) is 4.19. The molecule has 1 heterocycles. The summed E-state index contributed by atoms with van der Waals surface area (Å²) in [5.41, 5.74) is 1.36. The Labute approximate surface area is 122 Å². The molecule has 1 aromatic heterocycles. The van der Waals surface area contributed by atoms with E-state index in [9.17, 15) is 0 Å². The van der Waals surface area contributed by atoms with E-state index in [0.29, 0.717) is 0 Å². The molecule has 3 fully saturated rings. The van der Waals surface area contributed by atoms with E-state index >= 15 is 0 Å². The average molecular weight is 273 g/mol. The first-order valence-electron chi connectivity index (χ1n) is 8.61. The number of fused-ring (bicyclic) bond motifs is 5. The minimum absolute atomic E-state index is 0.782. The number of hydrogen-bond donors (Lipinski definition) is 1. The molecule has 0 radical (unpaired) electrons. The second kappa shape index (κ2) is 5.18. The van der Waals surface area contributed by atoms with Crippen molar-refractivity contribution in [1.29, 1.82) is 0 Å². The van der Waals surface area contributed by atoms with Crippen LogP contribution in [0.5, 0.6) is 0 Å². The molecule has 3 heteroatoms. The number of hydrogen-bond acceptors (Lipinski definition) is 2. The molecule has 3 aliphatic rings. The van der Waals surface area contributed by atoms with Gasteiger partial charge in [-0.1, -0.05) is 13.3 Å². The Hall–Kier alpha value is -0.830. The first-order chi connectivity index (χ1) is 9.86. The summed E-state index contributed by atoms with van der Waals surface area (Å²) in [6.45, 7) is 4.27. The van der Waals surface area contributed by atoms with Crippen molar-refractivity contribution in [3.05, 3.63) is 18.0 Å². The Morgan fingerprint density at radius 2 is 2.15 bits per heavy atom. The third-order valence-electron chi connectivity index (χ3n) is 6.21. The van der Waals surface area contributed by atoms with Crippen molar-refractivity contribution >= 4 is 0 Å². The Bertz CT molecular complexity index is 467. The van der Waals surface area contributed by atoms with Crippen LogP contribution in [0.2, 0.25) is 0 Å². The van der Waals surface area contributed by atoms with Crippen LogP contribution < -0.4 is 5.32 Å². The molecule has 20 heavy (non-hydrogen) atoms. The lowest BCUT2D eigenvalue weighted by Crippen LogP contribution is -2.39. The summed E-state index contributed by atoms with van der Waals surface area (Å²) >= 11 is 0. The Balaban J connectivity index is 1.38. The molecule has 5 atom stereocenters. The minimum Gasteiger partial charge on any atom is -0.308 e. The van der Waals surface area contributed by atoms with Crippen LogP contribution in [0, 0.1) is 23.7 Å². The van der Waals surface area contributed by atoms with Crippen molar-refractivity contribution in [2.45, 2.75) is 64.6 Å². The van der Waals surface area contributed by atoms with E-state index in [1.165, 1.54) is 37.8 Å². The van der Waals surface area contributed by atoms with Gasteiger partial charge in [0.2, 0.25) is 0 Å². The van der Waals surface area contributed by atoms with Crippen molar-refractivity contribution in [1.82, 2.24) is 15.1 Å². The van der Waals surface area contributed by atoms with Gasteiger partial charge in [-0.15, -0.1) is 0 Å². The maximum atomic E-state index is 4.43. The zero-order chi connectivity index (χ0) is 13.5. The van der Waals surface area contributed by atoms with E-state index in [1.54, 1.807) is 0 Å². The largest absolute Gasteiger partial charge is 0.308 e. The van der Waals surface area contributed by atoms with Gasteiger partial charge in [0.1, 0.15) is 0 Å². The van der Waals surface area contributed by atoms with E-state index in [-0.39, 0.29) is 0 Å². The summed E-state index contributed by atoms with van der Waals surface area (Å²) in [7, 11) is 0. The van der Waals surface area contributed by atoms with Crippen molar-refractivity contribution < 1.29 is 0 Å². The van der Waals surface area contributed by atoms with Gasteiger partial charge in [0.15, 0.2) is 0 Å². The van der Waals surface area contributed by atoms with Crippen molar-refractivity contribution in [2.24, 2.45) is 23.7 Å². The molecule has 0 amide bonds. The topological polar surface area (TPSA) is 29.9 Å². The van der Waals surface area contributed by atoms with Crippen LogP contribution in [-0.4, -0.2) is 15.8 Å². The van der Waals surface area contributed by atoms with E-state index in [4.69, 9.17) is 0 Å². The van der Waals surface area contributed by atoms with E-state index in [1.807, 2.05) is 6.20 Å². The van der Waals surface area contributed by atoms with Gasteiger partial charge in [0, 0.05) is 25.3 Å². The molecule has 3 saturated carbocycles. The molecule has 3 nitrogen and oxygen atoms in total. The van der Waals surface area contributed by atoms with Gasteiger partial charge in [0.05, 0.1) is 5.69 Å². The van der Waals surface area contributed by atoms with Crippen LogP contribution in [0.25, 0.3) is 0 Å². The molecular formula is C17H27N3. The third kappa shape index (κ3) is 2.02. The Morgan fingerprint density at radius 3 is 3.05 bits per heavy atom. The normalized spacial score (nSPS) is 38.5. The minimum atomic E-state index is 0.782. The average Bonchev–Trinajstić information content (AvgIpc) is 3.19. The summed E-state index contributed by atoms with van der Waals surface area (Å²) in [4.78, 5) is 0. The maximum absolute atomic E-state index is 4.43. The van der Waals surface area contributed by atoms with E-state index in [2.05, 4.69) is 28.1 Å². The van der Waals surface area contributed by atoms with Gasteiger partial charge >= 0.3 is 0 Å². The van der Waals surface area contributed by atoms with Crippen LogP contribution in [-0.2, 0) is 13.1 Å². The number of nitrogens with zero attached hydrogens (tertiary/aromatic N) is 2. The smallest absolute Gasteiger partial charge is 0.0522 e. The van der Waals surface area contributed by atoms with Crippen LogP contribution in [0.15, 0.2) is 12.3 Å². The van der Waals surface area contributed by atoms with Crippen LogP contribution in [0.4, 0.5) is 0 Å². The molecular weight excluding hydrogens is 246 g/mol. The number of aromatic nitrogens is 2. The molecule has 0 aromatic carbocycles. The highest BCUT2D eigenvalue weighted by atomic mass is 15.3. The highest BCUT2D eigenvalue weighted by Crippen LogP contribution is 2.58. The Kier molecular flexibility index (Phi) is 3.33. The van der Waals surface area contributed by atoms with Crippen LogP contribution >= 0.6 is 0 Å². The van der Waals surface area contributed by atoms with Gasteiger partial charge in [0.25, 0.3) is 0 Å². The fourth-order valence-electron chi connectivity index (χ4n) is 5.46. The van der Waals surface area contributed by atoms with Crippen LogP contribution in [0.1, 0.15) is 51.1 Å². The van der Waals surface area contributed by atoms with Gasteiger partial charge in [-0.05, 0) is 61.8 Å². The third-order valence-corrected chi connectivity index (χ3v) is 6.21. The van der Waals surface area contributed by atoms with Crippen molar-refractivity contribution in [3.63, 3.8) is 0 Å². The highest BCUT2D eigenvalue weighted by Gasteiger charge is 2.53. The zero-order valence-electron chi connectivity index (χ0n) is 12.6. The zero-order valence-corrected chi connectivity index (χ0v) is 12.6. The highest BCUT2D eigenvalue weighted by molar-refractivity contribution is 5.07. The van der Waals surface area contributed by atoms with Gasteiger partial charge in [-0.3, -0.25) is 4.68 Å². The standard InChI is InChI=1S/C17H27N3/c1-2-8-20-13(6-7-19-20)11-18-17-10-12-9-16(17)15-5-3-4-14(12)15/h6-7,12,14-18H,2-5,8-11H2,1H3. The summed E-state index contributed by atoms with van der Waals surface area (Å²) < 4.78 is 2.17. The number of nitrogens with one attached hydrogen (secondary N) is 1. The summed E-state index contributed by atoms with van der Waals surface area (Å²) in [6.07, 6.45) is 10.6. The molecule has 4 rings (SSSR count). The fourth-order valence-corrected chi connectivity index (χ4v) is 5.46. The molecule has 2 bridgehead atoms. The molecule has 1 aromatic rings. The van der Waals surface area contributed by atoms with Gasteiger partial charge in [-0.25, -0.2) is 0 Å². The lowest BCUT2D eigenvalue weighted by atomic mass is 9.79. The van der Waals surface area contributed by atoms with E-state index in [0.717, 1.165) is 49.2 Å². The molecule has 110 valence electrons. The SMILES string of the molecule is CCCn1nccc1CNC1CC2CC1C1CCCC21. The predicted octanol–water partition coefficient (Wildman–Crippen LogP) is 3.21. The van der Waals surface area contributed by atoms with E-state index < -0.39 is 0 Å². The molecule has 0 aliphatic heterocycles. The second-order valence-corrected chi connectivity index (χ2v) is 7.19. The fraction of sp³-hybridized carbons (Fsp3) is 0.824. The van der Waals surface area contributed by atoms with Gasteiger partial charge in [-0.2, -0.15) is 5.10 Å². The van der Waals surface area contributed by atoms with Crippen molar-refractivity contribution in [2.75, 3.05) is 0 Å². The summed E-state index contributed by atoms with van der Waals surface area (Å²) in [6, 6.07) is 2.96. The number of rotatable bonds is 5. The maximum Gasteiger partial charge on any atom is 0.0522 e. The lowest BCUT2D eigenvalue weighted by molar-refractivity contribution is 0.207. The second-order valence-electron chi connectivity index (χ2n) is 7.19. The molecule has 1 N–H and O–H groups in total. The molecule has 0 saturated heterocycles. The quantitative estimate of drug-likeness (QED) is 0.893. The molecule has 3 aliphatic carbocycles. The number of aryl methyl sites for hydroxylation is 1. The van der Waals surface area contributed by atoms with Crippen molar-refractivity contribution in [3.8, 4) is 0 Å². The summed E-state index contributed by atoms with van der Waals surface area (Å²) in [5, 5.41) is 8.30. The first kappa shape index (κ1) is 12.9. The molecule has 5 unspecified atom stereocenters.